The number of phenols is 1. The summed E-state index contributed by atoms with van der Waals surface area (Å²) in [6.07, 6.45) is -2.60. The van der Waals surface area contributed by atoms with Gasteiger partial charge in [0.2, 0.25) is 47.3 Å². The summed E-state index contributed by atoms with van der Waals surface area (Å²) in [6, 6.07) is 1.68. The Kier molecular flexibility index (Phi) is 28.4. The Morgan fingerprint density at radius 1 is 0.553 bits per heavy atom. The van der Waals surface area contributed by atoms with Crippen molar-refractivity contribution in [3.8, 4) is 5.75 Å². The summed E-state index contributed by atoms with van der Waals surface area (Å²) in [5.74, 6) is -12.5. The van der Waals surface area contributed by atoms with Crippen LogP contribution in [-0.2, 0) is 70.4 Å². The molecule has 0 aromatic heterocycles. The third-order valence-electron chi connectivity index (χ3n) is 11.3. The first-order valence-corrected chi connectivity index (χ1v) is 24.3. The second-order valence-electron chi connectivity index (χ2n) is 18.1. The number of carboxylic acids is 3. The van der Waals surface area contributed by atoms with Gasteiger partial charge in [-0.3, -0.25) is 52.7 Å². The molecule has 0 radical (unpaired) electrons. The quantitative estimate of drug-likeness (QED) is 0.0233. The van der Waals surface area contributed by atoms with E-state index in [0.29, 0.717) is 23.8 Å². The summed E-state index contributed by atoms with van der Waals surface area (Å²) in [5.41, 5.74) is 12.3. The Morgan fingerprint density at radius 2 is 1.01 bits per heavy atom. The van der Waals surface area contributed by atoms with Gasteiger partial charge in [-0.15, -0.1) is 0 Å². The first-order valence-electron chi connectivity index (χ1n) is 24.3. The van der Waals surface area contributed by atoms with Gasteiger partial charge in [0.25, 0.3) is 0 Å². The topological polar surface area (TPSA) is 454 Å². The summed E-state index contributed by atoms with van der Waals surface area (Å²) in [7, 11) is 0. The van der Waals surface area contributed by atoms with Crippen LogP contribution in [0.4, 0.5) is 0 Å². The number of hydrogen-bond donors (Lipinski definition) is 15. The molecule has 0 bridgehead atoms. The van der Waals surface area contributed by atoms with E-state index in [0.717, 1.165) is 0 Å². The third-order valence-corrected chi connectivity index (χ3v) is 11.3. The van der Waals surface area contributed by atoms with Crippen LogP contribution in [0.3, 0.4) is 0 Å². The second-order valence-corrected chi connectivity index (χ2v) is 18.1. The molecule has 0 saturated carbocycles. The Labute approximate surface area is 437 Å². The van der Waals surface area contributed by atoms with Gasteiger partial charge in [-0.1, -0.05) is 56.3 Å². The lowest BCUT2D eigenvalue weighted by atomic mass is 10.0. The van der Waals surface area contributed by atoms with Crippen molar-refractivity contribution in [3.05, 3.63) is 65.7 Å². The number of aliphatic hydroxyl groups excluding tert-OH is 1. The predicted molar refractivity (Wildman–Crippen MR) is 268 cm³/mol. The number of aldehydes is 1. The highest BCUT2D eigenvalue weighted by Crippen LogP contribution is 2.13. The molecule has 8 amide bonds. The van der Waals surface area contributed by atoms with Crippen LogP contribution in [-0.4, -0.2) is 165 Å². The Hall–Kier alpha value is -8.04. The molecule has 0 saturated heterocycles. The lowest BCUT2D eigenvalue weighted by molar-refractivity contribution is -0.140. The number of nitrogens with two attached hydrogens (primary N) is 2. The number of carboxylic acid groups (broad SMARTS) is 3. The molecule has 0 spiro atoms. The van der Waals surface area contributed by atoms with Crippen LogP contribution in [0.1, 0.15) is 82.8 Å². The molecule has 0 unspecified atom stereocenters. The van der Waals surface area contributed by atoms with Crippen molar-refractivity contribution in [3.63, 3.8) is 0 Å². The Morgan fingerprint density at radius 3 is 1.50 bits per heavy atom. The zero-order valence-electron chi connectivity index (χ0n) is 42.2. The minimum atomic E-state index is -1.69. The van der Waals surface area contributed by atoms with Crippen molar-refractivity contribution in [2.75, 3.05) is 19.7 Å². The first-order chi connectivity index (χ1) is 36.0. The highest BCUT2D eigenvalue weighted by Gasteiger charge is 2.34. The zero-order valence-corrected chi connectivity index (χ0v) is 42.2. The number of hydrogen-bond acceptors (Lipinski definition) is 16. The summed E-state index contributed by atoms with van der Waals surface area (Å²) in [5, 5.41) is 66.9. The van der Waals surface area contributed by atoms with E-state index in [-0.39, 0.29) is 50.3 Å². The van der Waals surface area contributed by atoms with Crippen LogP contribution < -0.4 is 54.0 Å². The number of benzene rings is 2. The van der Waals surface area contributed by atoms with Gasteiger partial charge in [-0.25, -0.2) is 0 Å². The maximum atomic E-state index is 14.0. The fourth-order valence-corrected chi connectivity index (χ4v) is 7.29. The van der Waals surface area contributed by atoms with Crippen LogP contribution in [0.15, 0.2) is 54.6 Å². The number of aliphatic carboxylic acids is 3. The molecular formula is C49H70N10O17. The number of unbranched alkanes of at least 4 members (excludes halogenated alkanes) is 1. The molecule has 0 aliphatic rings. The van der Waals surface area contributed by atoms with Crippen LogP contribution >= 0.6 is 0 Å². The average Bonchev–Trinajstić information content (AvgIpc) is 3.36. The molecule has 418 valence electrons. The molecule has 0 heterocycles. The van der Waals surface area contributed by atoms with Gasteiger partial charge < -0.3 is 84.3 Å². The Balaban J connectivity index is 2.36. The lowest BCUT2D eigenvalue weighted by Crippen LogP contribution is -2.59. The molecule has 8 atom stereocenters. The van der Waals surface area contributed by atoms with Gasteiger partial charge in [0, 0.05) is 25.7 Å². The molecule has 27 heteroatoms. The summed E-state index contributed by atoms with van der Waals surface area (Å²) >= 11 is 0. The van der Waals surface area contributed by atoms with Gasteiger partial charge >= 0.3 is 17.9 Å². The van der Waals surface area contributed by atoms with Gasteiger partial charge in [0.1, 0.15) is 48.3 Å². The van der Waals surface area contributed by atoms with E-state index in [4.69, 9.17) is 16.6 Å². The Bertz CT molecular complexity index is 2300. The fourth-order valence-electron chi connectivity index (χ4n) is 7.29. The number of carbonyl (C=O) groups excluding carboxylic acids is 9. The predicted octanol–water partition coefficient (Wildman–Crippen LogP) is -3.41. The van der Waals surface area contributed by atoms with Crippen molar-refractivity contribution >= 4 is 71.5 Å². The monoisotopic (exact) mass is 1070 g/mol. The van der Waals surface area contributed by atoms with E-state index in [9.17, 15) is 78.0 Å². The van der Waals surface area contributed by atoms with E-state index in [1.165, 1.54) is 24.3 Å². The number of phenolic OH excluding ortho intramolecular Hbond substituents is 1. The highest BCUT2D eigenvalue weighted by molar-refractivity contribution is 5.98. The molecule has 2 aromatic carbocycles. The van der Waals surface area contributed by atoms with E-state index < -0.39 is 159 Å². The number of carbonyl (C=O) groups is 12. The lowest BCUT2D eigenvalue weighted by Gasteiger charge is -2.27. The molecule has 76 heavy (non-hydrogen) atoms. The molecule has 2 aromatic rings. The summed E-state index contributed by atoms with van der Waals surface area (Å²) < 4.78 is 0. The molecule has 2 rings (SSSR count). The SMILES string of the molecule is CC(C)C[C@@H](C=O)NC(=O)[C@H](CO)NC(=O)[C@H](Cc1ccc(O)cc1)NC(=O)CNC(=O)[C@H](CCC(=O)O)NC(=O)[C@H](CCCCN)NC(=O)[C@H](CCC(=O)O)NC(=O)[C@H](Cc1ccccc1)NC(=O)[C@@H](N)CC(=O)O. The largest absolute Gasteiger partial charge is 0.508 e. The van der Waals surface area contributed by atoms with Crippen molar-refractivity contribution in [2.24, 2.45) is 17.4 Å². The second kappa shape index (κ2) is 33.7. The fraction of sp³-hybridized carbons (Fsp3) is 0.510. The minimum absolute atomic E-state index is 0.000678. The molecule has 17 N–H and O–H groups in total. The molecule has 0 aliphatic heterocycles. The molecule has 0 aliphatic carbocycles. The van der Waals surface area contributed by atoms with Crippen LogP contribution in [0.25, 0.3) is 0 Å². The minimum Gasteiger partial charge on any atom is -0.508 e. The van der Waals surface area contributed by atoms with Crippen LogP contribution in [0.5, 0.6) is 5.75 Å². The van der Waals surface area contributed by atoms with Crippen LogP contribution in [0, 0.1) is 5.92 Å². The van der Waals surface area contributed by atoms with E-state index in [1.807, 2.05) is 13.8 Å². The maximum Gasteiger partial charge on any atom is 0.305 e. The molecule has 0 fully saturated rings. The van der Waals surface area contributed by atoms with Gasteiger partial charge in [-0.05, 0) is 74.2 Å². The number of amides is 8. The average molecular weight is 1070 g/mol. The first kappa shape index (κ1) is 64.1. The normalized spacial score (nSPS) is 14.1. The summed E-state index contributed by atoms with van der Waals surface area (Å²) in [6.45, 7) is 1.98. The summed E-state index contributed by atoms with van der Waals surface area (Å²) in [4.78, 5) is 154. The van der Waals surface area contributed by atoms with Crippen molar-refractivity contribution < 1.29 is 83.1 Å². The van der Waals surface area contributed by atoms with E-state index in [2.05, 4.69) is 42.5 Å². The van der Waals surface area contributed by atoms with Gasteiger partial charge in [-0.2, -0.15) is 0 Å². The van der Waals surface area contributed by atoms with Crippen molar-refractivity contribution in [1.29, 1.82) is 0 Å². The zero-order chi connectivity index (χ0) is 56.9. The molecular weight excluding hydrogens is 1000 g/mol. The van der Waals surface area contributed by atoms with Crippen molar-refractivity contribution in [1.82, 2.24) is 42.5 Å². The maximum absolute atomic E-state index is 14.0. The molecule has 27 nitrogen and oxygen atoms in total. The van der Waals surface area contributed by atoms with E-state index >= 15 is 0 Å². The van der Waals surface area contributed by atoms with Crippen molar-refractivity contribution in [2.45, 2.75) is 133 Å². The highest BCUT2D eigenvalue weighted by atomic mass is 16.4. The van der Waals surface area contributed by atoms with Crippen LogP contribution in [0.2, 0.25) is 0 Å². The number of aromatic hydroxyl groups is 1. The third kappa shape index (κ3) is 24.8. The number of aliphatic hydroxyl groups is 1. The van der Waals surface area contributed by atoms with Gasteiger partial charge in [0.05, 0.1) is 31.7 Å². The number of rotatable bonds is 36. The van der Waals surface area contributed by atoms with Gasteiger partial charge in [0.15, 0.2) is 0 Å². The van der Waals surface area contributed by atoms with E-state index in [1.54, 1.807) is 30.3 Å². The number of nitrogens with one attached hydrogen (secondary N) is 8. The smallest absolute Gasteiger partial charge is 0.305 e. The standard InChI is InChI=1S/C49H70N10O17/c1-27(2)20-30(25-60)53-49(76)38(26-61)59-47(74)36(22-29-11-13-31(62)14-12-29)54-39(63)24-52-44(71)34(15-17-40(64)65)56-45(72)33(10-6-7-19-50)55-46(73)35(16-18-41(66)67)57-48(75)37(21-28-8-4-3-5-9-28)58-43(70)32(51)23-42(68)69/h3-5,8-9,11-14,25,27,30,32-38,61-62H,6-7,10,15-24,26,50-51H2,1-2H3,(H,52,71)(H,53,76)(H,54,63)(H,55,73)(H,56,72)(H,57,75)(H,58,70)(H,59,74)(H,64,65)(H,66,67)(H,68,69)/t30-,32-,33-,34-,35-,36-,37-,38-/m0/s1.